The Hall–Kier alpha value is -1.56. The van der Waals surface area contributed by atoms with Gasteiger partial charge in [0.2, 0.25) is 0 Å². The third-order valence-electron chi connectivity index (χ3n) is 2.16. The molecule has 0 bridgehead atoms. The average Bonchev–Trinajstić information content (AvgIpc) is 2.27. The molecule has 0 saturated heterocycles. The first-order valence-electron chi connectivity index (χ1n) is 5.96. The molecule has 0 aliphatic carbocycles. The Morgan fingerprint density at radius 3 is 2.44 bits per heavy atom. The fraction of sp³-hybridized carbons (Fsp3) is 0.667. The minimum Gasteiger partial charge on any atom is -0.384 e. The molecule has 3 N–H and O–H groups in total. The van der Waals surface area contributed by atoms with Crippen LogP contribution in [0.25, 0.3) is 0 Å². The van der Waals surface area contributed by atoms with Gasteiger partial charge in [-0.25, -0.2) is 9.79 Å². The summed E-state index contributed by atoms with van der Waals surface area (Å²) in [4.78, 5) is 19.3. The Labute approximate surface area is 110 Å². The van der Waals surface area contributed by atoms with Crippen LogP contribution in [0, 0.1) is 0 Å². The molecule has 104 valence electrons. The number of rotatable bonds is 6. The summed E-state index contributed by atoms with van der Waals surface area (Å²) < 4.78 is 0. The lowest BCUT2D eigenvalue weighted by atomic mass is 10.4. The van der Waals surface area contributed by atoms with Crippen LogP contribution in [0.3, 0.4) is 0 Å². The maximum absolute atomic E-state index is 11.9. The quantitative estimate of drug-likeness (QED) is 0.678. The number of likely N-dealkylation sites (N-methyl/N-ethyl adjacent to an activating group) is 1. The molecule has 0 atom stereocenters. The zero-order valence-corrected chi connectivity index (χ0v) is 12.0. The first-order chi connectivity index (χ1) is 8.38. The van der Waals surface area contributed by atoms with Gasteiger partial charge in [-0.1, -0.05) is 0 Å². The van der Waals surface area contributed by atoms with E-state index >= 15 is 0 Å². The Morgan fingerprint density at radius 1 is 1.39 bits per heavy atom. The highest BCUT2D eigenvalue weighted by Crippen LogP contribution is 1.97. The molecule has 0 aliphatic rings. The lowest BCUT2D eigenvalue weighted by molar-refractivity contribution is 0.176. The number of amides is 2. The van der Waals surface area contributed by atoms with E-state index in [1.165, 1.54) is 0 Å². The molecule has 0 unspecified atom stereocenters. The first kappa shape index (κ1) is 16.4. The van der Waals surface area contributed by atoms with Crippen molar-refractivity contribution in [3.05, 3.63) is 11.9 Å². The second-order valence-electron chi connectivity index (χ2n) is 4.41. The van der Waals surface area contributed by atoms with Gasteiger partial charge in [-0.15, -0.1) is 0 Å². The minimum absolute atomic E-state index is 0.0356. The van der Waals surface area contributed by atoms with E-state index in [2.05, 4.69) is 10.3 Å². The van der Waals surface area contributed by atoms with Crippen LogP contribution in [-0.4, -0.2) is 62.3 Å². The first-order valence-corrected chi connectivity index (χ1v) is 5.96. The number of nitrogens with two attached hydrogens (primary N) is 1. The van der Waals surface area contributed by atoms with Gasteiger partial charge < -0.3 is 20.9 Å². The van der Waals surface area contributed by atoms with E-state index in [0.717, 1.165) is 12.3 Å². The van der Waals surface area contributed by atoms with Crippen molar-refractivity contribution < 1.29 is 4.79 Å². The topological polar surface area (TPSA) is 74.0 Å². The summed E-state index contributed by atoms with van der Waals surface area (Å²) in [5, 5.41) is 3.02. The van der Waals surface area contributed by atoms with Crippen LogP contribution in [0.15, 0.2) is 16.9 Å². The van der Waals surface area contributed by atoms with Crippen molar-refractivity contribution in [1.29, 1.82) is 0 Å². The molecule has 0 aromatic carbocycles. The van der Waals surface area contributed by atoms with Gasteiger partial charge in [0.25, 0.3) is 0 Å². The lowest BCUT2D eigenvalue weighted by Gasteiger charge is -2.24. The summed E-state index contributed by atoms with van der Waals surface area (Å²) in [5.41, 5.74) is 6.63. The maximum atomic E-state index is 11.9. The van der Waals surface area contributed by atoms with Crippen LogP contribution >= 0.6 is 0 Å². The van der Waals surface area contributed by atoms with Crippen molar-refractivity contribution in [3.63, 3.8) is 0 Å². The average molecular weight is 255 g/mol. The second kappa shape index (κ2) is 8.52. The molecule has 2 amide bonds. The van der Waals surface area contributed by atoms with Gasteiger partial charge in [0.15, 0.2) is 0 Å². The Kier molecular flexibility index (Phi) is 7.78. The van der Waals surface area contributed by atoms with Gasteiger partial charge in [0, 0.05) is 39.4 Å². The van der Waals surface area contributed by atoms with Crippen molar-refractivity contribution in [1.82, 2.24) is 15.1 Å². The van der Waals surface area contributed by atoms with Crippen LogP contribution in [-0.2, 0) is 0 Å². The highest BCUT2D eigenvalue weighted by atomic mass is 16.2. The van der Waals surface area contributed by atoms with E-state index < -0.39 is 0 Å². The van der Waals surface area contributed by atoms with E-state index in [4.69, 9.17) is 5.73 Å². The molecular weight excluding hydrogens is 230 g/mol. The van der Waals surface area contributed by atoms with Crippen molar-refractivity contribution in [3.8, 4) is 0 Å². The highest BCUT2D eigenvalue weighted by molar-refractivity contribution is 5.80. The predicted octanol–water partition coefficient (Wildman–Crippen LogP) is 0.470. The summed E-state index contributed by atoms with van der Waals surface area (Å²) in [6.45, 7) is 5.59. The molecule has 0 aromatic rings. The molecule has 0 spiro atoms. The summed E-state index contributed by atoms with van der Waals surface area (Å²) in [6, 6.07) is -0.0356. The number of hydrogen-bond acceptors (Lipinski definition) is 4. The van der Waals surface area contributed by atoms with E-state index in [0.29, 0.717) is 18.9 Å². The van der Waals surface area contributed by atoms with Crippen molar-refractivity contribution >= 4 is 11.7 Å². The maximum Gasteiger partial charge on any atom is 0.319 e. The smallest absolute Gasteiger partial charge is 0.319 e. The monoisotopic (exact) mass is 255 g/mol. The number of nitrogens with one attached hydrogen (secondary N) is 1. The van der Waals surface area contributed by atoms with Gasteiger partial charge in [0.1, 0.15) is 5.82 Å². The number of urea groups is 1. The Morgan fingerprint density at radius 2 is 2.00 bits per heavy atom. The van der Waals surface area contributed by atoms with E-state index in [1.54, 1.807) is 30.0 Å². The number of aliphatic imine (C=N–C) groups is 1. The second-order valence-corrected chi connectivity index (χ2v) is 4.41. The molecule has 6 heteroatoms. The zero-order chi connectivity index (χ0) is 14.1. The predicted molar refractivity (Wildman–Crippen MR) is 75.6 cm³/mol. The molecule has 0 aliphatic heterocycles. The fourth-order valence-corrected chi connectivity index (χ4v) is 1.30. The summed E-state index contributed by atoms with van der Waals surface area (Å²) in [6.07, 6.45) is 1.75. The summed E-state index contributed by atoms with van der Waals surface area (Å²) in [5.74, 6) is 0.441. The SMILES string of the molecule is CNCCN(C/C=C(/N)N=C(C)C)C(=O)N(C)C. The third kappa shape index (κ3) is 6.90. The van der Waals surface area contributed by atoms with Gasteiger partial charge in [0.05, 0.1) is 0 Å². The van der Waals surface area contributed by atoms with Crippen LogP contribution in [0.2, 0.25) is 0 Å². The van der Waals surface area contributed by atoms with Crippen molar-refractivity contribution in [2.75, 3.05) is 40.8 Å². The lowest BCUT2D eigenvalue weighted by Crippen LogP contribution is -2.42. The summed E-state index contributed by atoms with van der Waals surface area (Å²) in [7, 11) is 5.32. The minimum atomic E-state index is -0.0356. The van der Waals surface area contributed by atoms with Crippen LogP contribution in [0.5, 0.6) is 0 Å². The normalized spacial score (nSPS) is 11.1. The summed E-state index contributed by atoms with van der Waals surface area (Å²) >= 11 is 0. The number of nitrogens with zero attached hydrogens (tertiary/aromatic N) is 3. The Balaban J connectivity index is 4.59. The van der Waals surface area contributed by atoms with Crippen molar-refractivity contribution in [2.24, 2.45) is 10.7 Å². The van der Waals surface area contributed by atoms with Crippen LogP contribution in [0.1, 0.15) is 13.8 Å². The van der Waals surface area contributed by atoms with Crippen molar-refractivity contribution in [2.45, 2.75) is 13.8 Å². The van der Waals surface area contributed by atoms with Gasteiger partial charge >= 0.3 is 6.03 Å². The largest absolute Gasteiger partial charge is 0.384 e. The molecule has 18 heavy (non-hydrogen) atoms. The van der Waals surface area contributed by atoms with E-state index in [1.807, 2.05) is 20.9 Å². The van der Waals surface area contributed by atoms with Gasteiger partial charge in [-0.3, -0.25) is 0 Å². The standard InChI is InChI=1S/C12H25N5O/c1-10(2)15-11(13)6-8-17(9-7-14-3)12(18)16(4)5/h6,14H,7-9,13H2,1-5H3/b11-6-. The number of carbonyl (C=O) groups excluding carboxylic acids is 1. The molecule has 0 fully saturated rings. The highest BCUT2D eigenvalue weighted by Gasteiger charge is 2.13. The molecule has 6 nitrogen and oxygen atoms in total. The number of carbonyl (C=O) groups is 1. The Bertz CT molecular complexity index is 318. The molecular formula is C12H25N5O. The third-order valence-corrected chi connectivity index (χ3v) is 2.16. The molecule has 0 rings (SSSR count). The number of hydrogen-bond donors (Lipinski definition) is 2. The van der Waals surface area contributed by atoms with Crippen LogP contribution in [0.4, 0.5) is 4.79 Å². The molecule has 0 aromatic heterocycles. The molecule has 0 saturated carbocycles. The molecule has 0 heterocycles. The van der Waals surface area contributed by atoms with E-state index in [9.17, 15) is 4.79 Å². The van der Waals surface area contributed by atoms with E-state index in [-0.39, 0.29) is 6.03 Å². The van der Waals surface area contributed by atoms with Gasteiger partial charge in [-0.05, 0) is 27.0 Å². The van der Waals surface area contributed by atoms with Crippen LogP contribution < -0.4 is 11.1 Å². The fourth-order valence-electron chi connectivity index (χ4n) is 1.30. The molecule has 0 radical (unpaired) electrons. The van der Waals surface area contributed by atoms with Gasteiger partial charge in [-0.2, -0.15) is 0 Å². The zero-order valence-electron chi connectivity index (χ0n) is 12.0.